The number of pyridine rings is 1. The lowest BCUT2D eigenvalue weighted by molar-refractivity contribution is -0.139. The Morgan fingerprint density at radius 3 is 2.59 bits per heavy atom. The second kappa shape index (κ2) is 13.7. The highest BCUT2D eigenvalue weighted by Gasteiger charge is 2.50. The molecule has 0 bridgehead atoms. The van der Waals surface area contributed by atoms with Crippen LogP contribution < -0.4 is 10.6 Å². The van der Waals surface area contributed by atoms with Crippen molar-refractivity contribution >= 4 is 48.6 Å². The Morgan fingerprint density at radius 1 is 1.21 bits per heavy atom. The van der Waals surface area contributed by atoms with Crippen molar-refractivity contribution in [3.63, 3.8) is 0 Å². The van der Waals surface area contributed by atoms with Crippen molar-refractivity contribution in [1.29, 1.82) is 0 Å². The number of carbonyl (C=O) groups is 2. The number of halogens is 2. The van der Waals surface area contributed by atoms with E-state index in [1.54, 1.807) is 12.4 Å². The minimum atomic E-state index is -0.760. The van der Waals surface area contributed by atoms with E-state index in [9.17, 15) is 14.7 Å². The SMILES string of the molecule is Cl.Cl.O=C(O)CCC1(N2CSC(C3CCNCC3)N2C(=O)NCc2cccnc2)CCCCC1. The van der Waals surface area contributed by atoms with Crippen LogP contribution in [-0.4, -0.2) is 62.0 Å². The number of amides is 2. The van der Waals surface area contributed by atoms with Crippen molar-refractivity contribution in [3.05, 3.63) is 30.1 Å². The standard InChI is InChI=1S/C23H35N5O3S.2ClH/c29-20(30)6-11-23(9-2-1-3-10-23)27-17-32-21(19-7-13-24-14-8-19)28(27)22(31)26-16-18-5-4-12-25-15-18;;/h4-5,12,15,19,21,24H,1-3,6-11,13-14,16-17H2,(H,26,31)(H,29,30);2*1H. The van der Waals surface area contributed by atoms with Gasteiger partial charge >= 0.3 is 12.0 Å². The summed E-state index contributed by atoms with van der Waals surface area (Å²) in [6, 6.07) is 3.76. The maximum atomic E-state index is 13.6. The molecule has 3 heterocycles. The van der Waals surface area contributed by atoms with Crippen LogP contribution in [0.4, 0.5) is 4.79 Å². The Labute approximate surface area is 218 Å². The Bertz CT molecular complexity index is 779. The smallest absolute Gasteiger partial charge is 0.333 e. The molecule has 2 amide bonds. The molecule has 1 aromatic rings. The molecule has 1 saturated carbocycles. The molecule has 8 nitrogen and oxygen atoms in total. The largest absolute Gasteiger partial charge is 0.481 e. The third kappa shape index (κ3) is 6.91. The third-order valence-corrected chi connectivity index (χ3v) is 8.49. The number of carboxylic acids is 1. The summed E-state index contributed by atoms with van der Waals surface area (Å²) in [5.74, 6) is 0.425. The monoisotopic (exact) mass is 533 g/mol. The molecule has 4 rings (SSSR count). The van der Waals surface area contributed by atoms with Gasteiger partial charge in [-0.3, -0.25) is 9.78 Å². The molecule has 0 aromatic carbocycles. The molecule has 1 unspecified atom stereocenters. The number of hydrogen-bond acceptors (Lipinski definition) is 6. The van der Waals surface area contributed by atoms with Crippen LogP contribution in [0.1, 0.15) is 63.4 Å². The molecular weight excluding hydrogens is 497 g/mol. The molecule has 2 aliphatic heterocycles. The molecule has 3 N–H and O–H groups in total. The molecule has 2 saturated heterocycles. The van der Waals surface area contributed by atoms with Crippen LogP contribution >= 0.6 is 36.6 Å². The van der Waals surface area contributed by atoms with Crippen LogP contribution in [0.15, 0.2) is 24.5 Å². The Morgan fingerprint density at radius 2 is 1.94 bits per heavy atom. The summed E-state index contributed by atoms with van der Waals surface area (Å²) in [5.41, 5.74) is 0.715. The van der Waals surface area contributed by atoms with Gasteiger partial charge in [0.1, 0.15) is 0 Å². The van der Waals surface area contributed by atoms with E-state index in [4.69, 9.17) is 0 Å². The zero-order valence-corrected chi connectivity index (χ0v) is 21.9. The van der Waals surface area contributed by atoms with Crippen molar-refractivity contribution in [1.82, 2.24) is 25.6 Å². The molecule has 192 valence electrons. The lowest BCUT2D eigenvalue weighted by Gasteiger charge is -2.49. The quantitative estimate of drug-likeness (QED) is 0.481. The summed E-state index contributed by atoms with van der Waals surface area (Å²) in [6.45, 7) is 2.40. The second-order valence-electron chi connectivity index (χ2n) is 9.22. The van der Waals surface area contributed by atoms with Gasteiger partial charge in [-0.05, 0) is 62.7 Å². The van der Waals surface area contributed by atoms with Gasteiger partial charge in [0.2, 0.25) is 0 Å². The van der Waals surface area contributed by atoms with Gasteiger partial charge in [0.15, 0.2) is 0 Å². The highest BCUT2D eigenvalue weighted by Crippen LogP contribution is 2.46. The van der Waals surface area contributed by atoms with E-state index in [0.717, 1.165) is 63.1 Å². The minimum absolute atomic E-state index is 0. The van der Waals surface area contributed by atoms with Gasteiger partial charge in [0, 0.05) is 30.9 Å². The highest BCUT2D eigenvalue weighted by molar-refractivity contribution is 8.00. The fourth-order valence-electron chi connectivity index (χ4n) is 5.42. The highest BCUT2D eigenvalue weighted by atomic mass is 35.5. The summed E-state index contributed by atoms with van der Waals surface area (Å²) < 4.78 is 0. The molecular formula is C23H37Cl2N5O3S. The maximum Gasteiger partial charge on any atom is 0.333 e. The van der Waals surface area contributed by atoms with E-state index in [1.807, 2.05) is 28.9 Å². The molecule has 1 aromatic heterocycles. The fourth-order valence-corrected chi connectivity index (χ4v) is 7.01. The zero-order chi connectivity index (χ0) is 22.4. The number of piperidine rings is 1. The lowest BCUT2D eigenvalue weighted by Crippen LogP contribution is -2.61. The number of urea groups is 1. The van der Waals surface area contributed by atoms with Crippen LogP contribution in [0, 0.1) is 5.92 Å². The van der Waals surface area contributed by atoms with Gasteiger partial charge in [0.25, 0.3) is 0 Å². The third-order valence-electron chi connectivity index (χ3n) is 7.17. The first kappa shape index (κ1) is 29.0. The number of aliphatic carboxylic acids is 1. The first-order valence-electron chi connectivity index (χ1n) is 11.9. The van der Waals surface area contributed by atoms with E-state index >= 15 is 0 Å². The van der Waals surface area contributed by atoms with Crippen molar-refractivity contribution in [2.75, 3.05) is 19.0 Å². The molecule has 3 fully saturated rings. The summed E-state index contributed by atoms with van der Waals surface area (Å²) in [6.07, 6.45) is 11.6. The van der Waals surface area contributed by atoms with Crippen molar-refractivity contribution in [2.24, 2.45) is 5.92 Å². The maximum absolute atomic E-state index is 13.6. The van der Waals surface area contributed by atoms with Crippen LogP contribution in [0.5, 0.6) is 0 Å². The second-order valence-corrected chi connectivity index (χ2v) is 10.3. The van der Waals surface area contributed by atoms with E-state index < -0.39 is 5.97 Å². The summed E-state index contributed by atoms with van der Waals surface area (Å²) in [5, 5.41) is 20.3. The summed E-state index contributed by atoms with van der Waals surface area (Å²) in [7, 11) is 0. The predicted octanol–water partition coefficient (Wildman–Crippen LogP) is 4.25. The molecule has 1 atom stereocenters. The van der Waals surface area contributed by atoms with Crippen molar-refractivity contribution < 1.29 is 14.7 Å². The number of aromatic nitrogens is 1. The van der Waals surface area contributed by atoms with E-state index in [2.05, 4.69) is 20.6 Å². The molecule has 11 heteroatoms. The van der Waals surface area contributed by atoms with E-state index in [1.165, 1.54) is 6.42 Å². The average Bonchev–Trinajstić information content (AvgIpc) is 3.29. The van der Waals surface area contributed by atoms with Gasteiger partial charge in [-0.15, -0.1) is 36.6 Å². The summed E-state index contributed by atoms with van der Waals surface area (Å²) >= 11 is 1.85. The van der Waals surface area contributed by atoms with Crippen molar-refractivity contribution in [2.45, 2.75) is 75.2 Å². The number of rotatable bonds is 7. The zero-order valence-electron chi connectivity index (χ0n) is 19.5. The predicted molar refractivity (Wildman–Crippen MR) is 139 cm³/mol. The number of carboxylic acid groups (broad SMARTS) is 1. The number of hydrazine groups is 1. The number of hydrogen-bond donors (Lipinski definition) is 3. The average molecular weight is 535 g/mol. The van der Waals surface area contributed by atoms with Crippen LogP contribution in [0.3, 0.4) is 0 Å². The number of nitrogens with one attached hydrogen (secondary N) is 2. The first-order chi connectivity index (χ1) is 15.6. The van der Waals surface area contributed by atoms with Crippen LogP contribution in [0.2, 0.25) is 0 Å². The number of carbonyl (C=O) groups excluding carboxylic acids is 1. The van der Waals surface area contributed by atoms with E-state index in [-0.39, 0.29) is 48.2 Å². The fraction of sp³-hybridized carbons (Fsp3) is 0.696. The molecule has 3 aliphatic rings. The first-order valence-corrected chi connectivity index (χ1v) is 12.9. The topological polar surface area (TPSA) is 97.8 Å². The molecule has 0 radical (unpaired) electrons. The van der Waals surface area contributed by atoms with Gasteiger partial charge in [-0.1, -0.05) is 25.3 Å². The normalized spacial score (nSPS) is 22.9. The molecule has 0 spiro atoms. The van der Waals surface area contributed by atoms with Crippen LogP contribution in [0.25, 0.3) is 0 Å². The lowest BCUT2D eigenvalue weighted by atomic mass is 9.78. The summed E-state index contributed by atoms with van der Waals surface area (Å²) in [4.78, 5) is 29.2. The van der Waals surface area contributed by atoms with Gasteiger partial charge in [-0.25, -0.2) is 9.80 Å². The number of nitrogens with zero attached hydrogens (tertiary/aromatic N) is 3. The molecule has 1 aliphatic carbocycles. The van der Waals surface area contributed by atoms with E-state index in [0.29, 0.717) is 18.9 Å². The van der Waals surface area contributed by atoms with Gasteiger partial charge < -0.3 is 15.7 Å². The number of thioether (sulfide) groups is 1. The van der Waals surface area contributed by atoms with Gasteiger partial charge in [0.05, 0.1) is 11.3 Å². The van der Waals surface area contributed by atoms with Gasteiger partial charge in [-0.2, -0.15) is 5.01 Å². The van der Waals surface area contributed by atoms with Crippen molar-refractivity contribution in [3.8, 4) is 0 Å². The Hall–Kier alpha value is -1.26. The Balaban J connectivity index is 0.00000204. The van der Waals surface area contributed by atoms with Crippen LogP contribution in [-0.2, 0) is 11.3 Å². The Kier molecular flexibility index (Phi) is 11.7. The minimum Gasteiger partial charge on any atom is -0.481 e. The molecule has 34 heavy (non-hydrogen) atoms.